The fourth-order valence-electron chi connectivity index (χ4n) is 5.26. The van der Waals surface area contributed by atoms with Gasteiger partial charge in [-0.2, -0.15) is 0 Å². The van der Waals surface area contributed by atoms with Gasteiger partial charge in [0.05, 0.1) is 33.1 Å². The number of aryl methyl sites for hydroxylation is 1. The van der Waals surface area contributed by atoms with E-state index in [1.165, 1.54) is 27.2 Å². The van der Waals surface area contributed by atoms with Crippen molar-refractivity contribution in [3.8, 4) is 28.4 Å². The number of carboxylic acids is 1. The second-order valence-corrected chi connectivity index (χ2v) is 10.4. The van der Waals surface area contributed by atoms with E-state index in [9.17, 15) is 19.2 Å². The molecule has 2 amide bonds. The van der Waals surface area contributed by atoms with E-state index in [4.69, 9.17) is 19.3 Å². The Bertz CT molecular complexity index is 1380. The van der Waals surface area contributed by atoms with Crippen molar-refractivity contribution in [2.75, 3.05) is 33.2 Å². The number of methoxy groups -OCH3 is 3. The maximum Gasteiger partial charge on any atom is 0.303 e. The van der Waals surface area contributed by atoms with Crippen molar-refractivity contribution in [2.45, 2.75) is 65.0 Å². The number of hydrogen-bond donors (Lipinski definition) is 4. The van der Waals surface area contributed by atoms with Crippen LogP contribution in [0.15, 0.2) is 29.1 Å². The molecule has 11 nitrogen and oxygen atoms in total. The second kappa shape index (κ2) is 14.6. The quantitative estimate of drug-likeness (QED) is 0.259. The third-order valence-electron chi connectivity index (χ3n) is 7.59. The molecular weight excluding hydrogens is 542 g/mol. The number of anilines is 1. The van der Waals surface area contributed by atoms with Crippen LogP contribution in [0.1, 0.15) is 63.6 Å². The van der Waals surface area contributed by atoms with E-state index in [1.807, 2.05) is 19.9 Å². The van der Waals surface area contributed by atoms with Crippen LogP contribution in [0.3, 0.4) is 0 Å². The Morgan fingerprint density at radius 1 is 1.07 bits per heavy atom. The van der Waals surface area contributed by atoms with E-state index in [0.29, 0.717) is 54.1 Å². The van der Waals surface area contributed by atoms with Crippen molar-refractivity contribution in [1.29, 1.82) is 0 Å². The zero-order valence-corrected chi connectivity index (χ0v) is 25.1. The normalized spacial score (nSPS) is 15.1. The molecule has 0 unspecified atom stereocenters. The topological polar surface area (TPSA) is 152 Å². The van der Waals surface area contributed by atoms with E-state index in [-0.39, 0.29) is 41.8 Å². The zero-order valence-electron chi connectivity index (χ0n) is 25.1. The molecule has 11 heteroatoms. The average molecular weight is 584 g/mol. The van der Waals surface area contributed by atoms with Crippen LogP contribution in [0.25, 0.3) is 11.1 Å². The number of aliphatic carboxylic acids is 1. The van der Waals surface area contributed by atoms with Gasteiger partial charge in [0.1, 0.15) is 6.04 Å². The summed E-state index contributed by atoms with van der Waals surface area (Å²) >= 11 is 0. The maximum atomic E-state index is 13.7. The van der Waals surface area contributed by atoms with Crippen LogP contribution < -0.4 is 35.6 Å². The molecular formula is C31H41N3O8. The first kappa shape index (κ1) is 32.2. The Hall–Kier alpha value is -4.28. The molecule has 0 aliphatic heterocycles. The number of benzene rings is 1. The van der Waals surface area contributed by atoms with E-state index in [0.717, 1.165) is 11.1 Å². The first-order valence-electron chi connectivity index (χ1n) is 14.1. The number of carboxylic acid groups (broad SMARTS) is 1. The van der Waals surface area contributed by atoms with E-state index >= 15 is 0 Å². The van der Waals surface area contributed by atoms with Crippen molar-refractivity contribution in [1.82, 2.24) is 10.6 Å². The fraction of sp³-hybridized carbons (Fsp3) is 0.484. The summed E-state index contributed by atoms with van der Waals surface area (Å²) in [6.07, 6.45) is 2.02. The number of fused-ring (bicyclic) bond motifs is 3. The smallest absolute Gasteiger partial charge is 0.303 e. The first-order valence-corrected chi connectivity index (χ1v) is 14.1. The van der Waals surface area contributed by atoms with Gasteiger partial charge in [0.25, 0.3) is 0 Å². The molecule has 3 rings (SSSR count). The van der Waals surface area contributed by atoms with Crippen LogP contribution in [0, 0.1) is 5.92 Å². The molecule has 2 aromatic rings. The number of rotatable bonds is 13. The van der Waals surface area contributed by atoms with Crippen LogP contribution in [0.2, 0.25) is 0 Å². The third-order valence-corrected chi connectivity index (χ3v) is 7.59. The molecule has 1 aliphatic carbocycles. The predicted molar refractivity (Wildman–Crippen MR) is 159 cm³/mol. The standard InChI is InChI=1S/C31H41N3O8/c1-7-17(2)28(31(39)32-14-8-9-26(37)38)34-23-13-11-20-21(16-24(23)36)22(33-18(3)35)12-10-19-15-25(40-4)29(41-5)30(42-6)27(19)20/h11,13,15-17,22,28H,7-10,12,14H2,1-6H3,(H,32,39)(H,33,35)(H,34,36)(H,37,38)/t17-,22-,28-/m0/s1. The largest absolute Gasteiger partial charge is 0.493 e. The lowest BCUT2D eigenvalue weighted by Gasteiger charge is -2.24. The van der Waals surface area contributed by atoms with Gasteiger partial charge in [-0.25, -0.2) is 0 Å². The molecule has 0 saturated carbocycles. The summed E-state index contributed by atoms with van der Waals surface area (Å²) in [5, 5.41) is 17.8. The van der Waals surface area contributed by atoms with E-state index in [1.54, 1.807) is 19.2 Å². The van der Waals surface area contributed by atoms with E-state index < -0.39 is 18.1 Å². The number of amides is 2. The lowest BCUT2D eigenvalue weighted by molar-refractivity contribution is -0.137. The van der Waals surface area contributed by atoms with Gasteiger partial charge in [0.2, 0.25) is 23.0 Å². The maximum absolute atomic E-state index is 13.7. The fourth-order valence-corrected chi connectivity index (χ4v) is 5.26. The van der Waals surface area contributed by atoms with E-state index in [2.05, 4.69) is 16.0 Å². The van der Waals surface area contributed by atoms with Gasteiger partial charge < -0.3 is 35.3 Å². The molecule has 1 aliphatic rings. The molecule has 0 heterocycles. The van der Waals surface area contributed by atoms with Crippen LogP contribution in [-0.4, -0.2) is 56.8 Å². The Morgan fingerprint density at radius 3 is 2.38 bits per heavy atom. The molecule has 3 atom stereocenters. The minimum Gasteiger partial charge on any atom is -0.493 e. The summed E-state index contributed by atoms with van der Waals surface area (Å²) in [5.74, 6) is -0.244. The summed E-state index contributed by atoms with van der Waals surface area (Å²) in [5.41, 5.74) is 2.81. The highest BCUT2D eigenvalue weighted by Gasteiger charge is 2.30. The zero-order chi connectivity index (χ0) is 31.0. The number of hydrogen-bond acceptors (Lipinski definition) is 8. The number of ether oxygens (including phenoxy) is 3. The minimum absolute atomic E-state index is 0.0520. The van der Waals surface area contributed by atoms with Crippen molar-refractivity contribution < 1.29 is 33.7 Å². The Balaban J connectivity index is 2.15. The number of carbonyl (C=O) groups is 3. The van der Waals surface area contributed by atoms with Crippen LogP contribution in [-0.2, 0) is 20.8 Å². The third kappa shape index (κ3) is 7.32. The summed E-state index contributed by atoms with van der Waals surface area (Å²) in [4.78, 5) is 49.8. The molecule has 0 aromatic heterocycles. The van der Waals surface area contributed by atoms with Crippen LogP contribution >= 0.6 is 0 Å². The summed E-state index contributed by atoms with van der Waals surface area (Å²) in [6, 6.07) is 5.64. The lowest BCUT2D eigenvalue weighted by Crippen LogP contribution is -2.44. The lowest BCUT2D eigenvalue weighted by atomic mass is 9.95. The van der Waals surface area contributed by atoms with Crippen molar-refractivity contribution >= 4 is 23.5 Å². The molecule has 0 bridgehead atoms. The minimum atomic E-state index is -0.930. The van der Waals surface area contributed by atoms with Crippen molar-refractivity contribution in [3.05, 3.63) is 45.6 Å². The number of nitrogens with one attached hydrogen (secondary N) is 3. The van der Waals surface area contributed by atoms with Gasteiger partial charge in [0.15, 0.2) is 11.5 Å². The molecule has 228 valence electrons. The highest BCUT2D eigenvalue weighted by Crippen LogP contribution is 2.50. The predicted octanol–water partition coefficient (Wildman–Crippen LogP) is 3.67. The summed E-state index contributed by atoms with van der Waals surface area (Å²) in [6.45, 7) is 5.50. The van der Waals surface area contributed by atoms with Crippen LogP contribution in [0.5, 0.6) is 17.2 Å². The number of carbonyl (C=O) groups excluding carboxylic acids is 2. The Morgan fingerprint density at radius 2 is 1.79 bits per heavy atom. The van der Waals surface area contributed by atoms with Gasteiger partial charge in [-0.3, -0.25) is 19.2 Å². The SMILES string of the molecule is CC[C@H](C)[C@H](Nc1ccc2c(cc1=O)[C@@H](NC(C)=O)CCc1cc(OC)c(OC)c(OC)c1-2)C(=O)NCCCC(=O)O. The van der Waals surface area contributed by atoms with Gasteiger partial charge >= 0.3 is 5.97 Å². The average Bonchev–Trinajstić information content (AvgIpc) is 3.20. The molecule has 0 radical (unpaired) electrons. The highest BCUT2D eigenvalue weighted by atomic mass is 16.5. The summed E-state index contributed by atoms with van der Waals surface area (Å²) in [7, 11) is 4.61. The van der Waals surface area contributed by atoms with Gasteiger partial charge in [0, 0.05) is 25.5 Å². The molecule has 4 N–H and O–H groups in total. The second-order valence-electron chi connectivity index (χ2n) is 10.4. The molecule has 0 spiro atoms. The van der Waals surface area contributed by atoms with Crippen molar-refractivity contribution in [3.63, 3.8) is 0 Å². The molecule has 2 aromatic carbocycles. The van der Waals surface area contributed by atoms with Gasteiger partial charge in [-0.15, -0.1) is 0 Å². The van der Waals surface area contributed by atoms with Crippen molar-refractivity contribution in [2.24, 2.45) is 5.92 Å². The first-order chi connectivity index (χ1) is 20.1. The van der Waals surface area contributed by atoms with Crippen LogP contribution in [0.4, 0.5) is 5.69 Å². The Kier molecular flexibility index (Phi) is 11.2. The highest BCUT2D eigenvalue weighted by molar-refractivity contribution is 5.86. The monoisotopic (exact) mass is 583 g/mol. The molecule has 0 fully saturated rings. The van der Waals surface area contributed by atoms with Gasteiger partial charge in [-0.1, -0.05) is 26.3 Å². The van der Waals surface area contributed by atoms with Gasteiger partial charge in [-0.05, 0) is 60.1 Å². The molecule has 42 heavy (non-hydrogen) atoms. The Labute approximate surface area is 245 Å². The summed E-state index contributed by atoms with van der Waals surface area (Å²) < 4.78 is 17.0. The molecule has 0 saturated heterocycles.